The smallest absolute Gasteiger partial charge is 0.294 e. The molecule has 0 saturated carbocycles. The maximum atomic E-state index is 11.9. The maximum Gasteiger partial charge on any atom is 0.294 e. The van der Waals surface area contributed by atoms with Crippen LogP contribution in [-0.2, 0) is 4.79 Å². The number of amidine groups is 1. The molecule has 0 atom stereocenters. The van der Waals surface area contributed by atoms with Crippen molar-refractivity contribution < 1.29 is 9.72 Å². The average Bonchev–Trinajstić information content (AvgIpc) is 2.54. The van der Waals surface area contributed by atoms with E-state index in [0.29, 0.717) is 10.7 Å². The highest BCUT2D eigenvalue weighted by atomic mass is 35.5. The third-order valence-corrected chi connectivity index (χ3v) is 3.45. The van der Waals surface area contributed by atoms with Crippen molar-refractivity contribution in [2.75, 3.05) is 17.4 Å². The monoisotopic (exact) mass is 346 g/mol. The van der Waals surface area contributed by atoms with Crippen molar-refractivity contribution in [3.8, 4) is 0 Å². The van der Waals surface area contributed by atoms with E-state index in [1.54, 1.807) is 48.3 Å². The molecule has 0 heterocycles. The number of para-hydroxylation sites is 2. The summed E-state index contributed by atoms with van der Waals surface area (Å²) in [6.45, 7) is 1.36. The minimum atomic E-state index is -0.522. The minimum Gasteiger partial charge on any atom is -0.325 e. The molecule has 1 N–H and O–H groups in total. The van der Waals surface area contributed by atoms with E-state index in [9.17, 15) is 14.9 Å². The van der Waals surface area contributed by atoms with Crippen LogP contribution in [0.25, 0.3) is 0 Å². The zero-order valence-corrected chi connectivity index (χ0v) is 13.8. The number of likely N-dealkylation sites (N-methyl/N-ethyl adjacent to an activating group) is 1. The van der Waals surface area contributed by atoms with Crippen molar-refractivity contribution in [2.24, 2.45) is 5.10 Å². The van der Waals surface area contributed by atoms with Gasteiger partial charge in [-0.25, -0.2) is 0 Å². The van der Waals surface area contributed by atoms with Crippen LogP contribution in [0.5, 0.6) is 0 Å². The molecule has 0 aliphatic rings. The molecule has 0 amide bonds. The fourth-order valence-electron chi connectivity index (χ4n) is 2.04. The Balaban J connectivity index is 2.33. The lowest BCUT2D eigenvalue weighted by Gasteiger charge is -2.19. The first-order valence-electron chi connectivity index (χ1n) is 6.97. The normalized spacial score (nSPS) is 11.0. The summed E-state index contributed by atoms with van der Waals surface area (Å²) in [5, 5.41) is 15.6. The van der Waals surface area contributed by atoms with Crippen LogP contribution < -0.4 is 10.3 Å². The lowest BCUT2D eigenvalue weighted by Crippen LogP contribution is -2.33. The molecule has 24 heavy (non-hydrogen) atoms. The molecule has 8 heteroatoms. The van der Waals surface area contributed by atoms with Crippen molar-refractivity contribution in [1.29, 1.82) is 0 Å². The first-order chi connectivity index (χ1) is 11.4. The third-order valence-electron chi connectivity index (χ3n) is 3.21. The third kappa shape index (κ3) is 4.08. The molecule has 0 saturated heterocycles. The van der Waals surface area contributed by atoms with Crippen molar-refractivity contribution in [1.82, 2.24) is 0 Å². The number of hydrogen-bond donors (Lipinski definition) is 1. The van der Waals surface area contributed by atoms with E-state index in [-0.39, 0.29) is 23.0 Å². The fraction of sp³-hybridized carbons (Fsp3) is 0.125. The number of Topliss-reactive ketones (excluding diaryl/α,β-unsaturated/α-hetero) is 1. The number of hydrogen-bond acceptors (Lipinski definition) is 5. The molecule has 0 spiro atoms. The van der Waals surface area contributed by atoms with Crippen LogP contribution >= 0.6 is 11.6 Å². The first-order valence-corrected chi connectivity index (χ1v) is 7.35. The topological polar surface area (TPSA) is 87.8 Å². The van der Waals surface area contributed by atoms with Gasteiger partial charge < -0.3 is 4.90 Å². The number of nitro benzene ring substituents is 1. The SMILES string of the molecule is CC(=O)/C(=N\Nc1ccccc1[N+](=O)[O-])N(C)c1cccc(Cl)c1. The first kappa shape index (κ1) is 17.4. The zero-order chi connectivity index (χ0) is 17.7. The van der Waals surface area contributed by atoms with Gasteiger partial charge in [-0.1, -0.05) is 29.8 Å². The van der Waals surface area contributed by atoms with Crippen molar-refractivity contribution in [3.05, 3.63) is 63.7 Å². The second-order valence-corrected chi connectivity index (χ2v) is 5.35. The lowest BCUT2D eigenvalue weighted by atomic mass is 10.2. The highest BCUT2D eigenvalue weighted by Gasteiger charge is 2.16. The molecule has 0 aromatic heterocycles. The van der Waals surface area contributed by atoms with Gasteiger partial charge in [-0.05, 0) is 24.3 Å². The predicted molar refractivity (Wildman–Crippen MR) is 94.7 cm³/mol. The van der Waals surface area contributed by atoms with Gasteiger partial charge in [-0.15, -0.1) is 0 Å². The van der Waals surface area contributed by atoms with Gasteiger partial charge in [-0.3, -0.25) is 20.3 Å². The highest BCUT2D eigenvalue weighted by Crippen LogP contribution is 2.23. The Morgan fingerprint density at radius 2 is 1.96 bits per heavy atom. The number of nitrogens with one attached hydrogen (secondary N) is 1. The Hall–Kier alpha value is -2.93. The number of carbonyl (C=O) groups is 1. The summed E-state index contributed by atoms with van der Waals surface area (Å²) in [4.78, 5) is 24.0. The number of rotatable bonds is 5. The van der Waals surface area contributed by atoms with Crippen LogP contribution in [0.15, 0.2) is 53.6 Å². The molecule has 2 aromatic rings. The Morgan fingerprint density at radius 1 is 1.25 bits per heavy atom. The van der Waals surface area contributed by atoms with Crippen LogP contribution in [0.1, 0.15) is 6.92 Å². The Morgan fingerprint density at radius 3 is 2.58 bits per heavy atom. The van der Waals surface area contributed by atoms with Crippen LogP contribution in [0.4, 0.5) is 17.1 Å². The standard InChI is InChI=1S/C16H15ClN4O3/c1-11(22)16(20(2)13-7-5-6-12(17)10-13)19-18-14-8-3-4-9-15(14)21(23)24/h3-10,18H,1-2H3/b19-16+. The summed E-state index contributed by atoms with van der Waals surface area (Å²) in [5.41, 5.74) is 3.32. The van der Waals surface area contributed by atoms with Crippen LogP contribution in [-0.4, -0.2) is 23.6 Å². The van der Waals surface area contributed by atoms with E-state index in [0.717, 1.165) is 0 Å². The number of benzene rings is 2. The van der Waals surface area contributed by atoms with E-state index < -0.39 is 4.92 Å². The van der Waals surface area contributed by atoms with Gasteiger partial charge in [0.25, 0.3) is 5.69 Å². The summed E-state index contributed by atoms with van der Waals surface area (Å²) >= 11 is 5.96. The zero-order valence-electron chi connectivity index (χ0n) is 13.1. The number of ketones is 1. The van der Waals surface area contributed by atoms with E-state index in [4.69, 9.17) is 11.6 Å². The molecular formula is C16H15ClN4O3. The Labute approximate surface area is 143 Å². The number of hydrazone groups is 1. The number of carbonyl (C=O) groups excluding carboxylic acids is 1. The number of nitrogens with zero attached hydrogens (tertiary/aromatic N) is 3. The van der Waals surface area contributed by atoms with E-state index in [2.05, 4.69) is 10.5 Å². The minimum absolute atomic E-state index is 0.0930. The average molecular weight is 347 g/mol. The van der Waals surface area contributed by atoms with E-state index in [1.165, 1.54) is 19.1 Å². The van der Waals surface area contributed by atoms with Gasteiger partial charge in [0.15, 0.2) is 11.6 Å². The Kier molecular flexibility index (Phi) is 5.49. The molecule has 2 rings (SSSR count). The predicted octanol–water partition coefficient (Wildman–Crippen LogP) is 3.70. The summed E-state index contributed by atoms with van der Waals surface area (Å²) in [6.07, 6.45) is 0. The molecule has 0 aliphatic carbocycles. The highest BCUT2D eigenvalue weighted by molar-refractivity contribution is 6.43. The lowest BCUT2D eigenvalue weighted by molar-refractivity contribution is -0.384. The summed E-state index contributed by atoms with van der Waals surface area (Å²) < 4.78 is 0. The molecular weight excluding hydrogens is 332 g/mol. The molecule has 124 valence electrons. The van der Waals surface area contributed by atoms with E-state index >= 15 is 0 Å². The van der Waals surface area contributed by atoms with Gasteiger partial charge in [0.05, 0.1) is 4.92 Å². The largest absolute Gasteiger partial charge is 0.325 e. The second kappa shape index (κ2) is 7.56. The van der Waals surface area contributed by atoms with Crippen LogP contribution in [0.2, 0.25) is 5.02 Å². The summed E-state index contributed by atoms with van der Waals surface area (Å²) in [7, 11) is 1.66. The van der Waals surface area contributed by atoms with Gasteiger partial charge in [0.1, 0.15) is 5.69 Å². The molecule has 2 aromatic carbocycles. The second-order valence-electron chi connectivity index (χ2n) is 4.92. The molecule has 0 fully saturated rings. The van der Waals surface area contributed by atoms with Crippen molar-refractivity contribution in [2.45, 2.75) is 6.92 Å². The van der Waals surface area contributed by atoms with E-state index in [1.807, 2.05) is 0 Å². The molecule has 0 bridgehead atoms. The molecule has 0 radical (unpaired) electrons. The number of anilines is 2. The van der Waals surface area contributed by atoms with Gasteiger partial charge in [0, 0.05) is 30.7 Å². The van der Waals surface area contributed by atoms with Gasteiger partial charge >= 0.3 is 0 Å². The summed E-state index contributed by atoms with van der Waals surface area (Å²) in [5.74, 6) is -0.209. The van der Waals surface area contributed by atoms with Gasteiger partial charge in [0.2, 0.25) is 0 Å². The Bertz CT molecular complexity index is 807. The summed E-state index contributed by atoms with van der Waals surface area (Å²) in [6, 6.07) is 13.0. The van der Waals surface area contributed by atoms with Crippen molar-refractivity contribution in [3.63, 3.8) is 0 Å². The van der Waals surface area contributed by atoms with Crippen molar-refractivity contribution >= 4 is 40.3 Å². The molecule has 0 aliphatic heterocycles. The molecule has 0 unspecified atom stereocenters. The van der Waals surface area contributed by atoms with Crippen LogP contribution in [0.3, 0.4) is 0 Å². The molecule has 7 nitrogen and oxygen atoms in total. The number of halogens is 1. The van der Waals surface area contributed by atoms with Crippen LogP contribution in [0, 0.1) is 10.1 Å². The quantitative estimate of drug-likeness (QED) is 0.386. The fourth-order valence-corrected chi connectivity index (χ4v) is 2.22. The van der Waals surface area contributed by atoms with Gasteiger partial charge in [-0.2, -0.15) is 5.10 Å². The number of nitro groups is 1. The maximum absolute atomic E-state index is 11.9.